The molecule has 1 aliphatic rings. The van der Waals surface area contributed by atoms with Gasteiger partial charge < -0.3 is 11.1 Å². The Kier molecular flexibility index (Phi) is 4.47. The lowest BCUT2D eigenvalue weighted by Gasteiger charge is -2.34. The number of nitrogens with zero attached hydrogens (tertiary/aromatic N) is 3. The highest BCUT2D eigenvalue weighted by molar-refractivity contribution is 7.80. The normalized spacial score (nSPS) is 17.9. The van der Waals surface area contributed by atoms with Crippen LogP contribution < -0.4 is 11.1 Å². The van der Waals surface area contributed by atoms with Gasteiger partial charge in [-0.25, -0.2) is 0 Å². The summed E-state index contributed by atoms with van der Waals surface area (Å²) < 4.78 is 1.68. The molecule has 2 rings (SSSR count). The fourth-order valence-electron chi connectivity index (χ4n) is 2.55. The van der Waals surface area contributed by atoms with Crippen LogP contribution in [-0.4, -0.2) is 32.4 Å². The van der Waals surface area contributed by atoms with Crippen molar-refractivity contribution in [1.82, 2.24) is 20.3 Å². The third-order valence-electron chi connectivity index (χ3n) is 3.71. The summed E-state index contributed by atoms with van der Waals surface area (Å²) in [5.74, 6) is -0.0418. The van der Waals surface area contributed by atoms with Crippen LogP contribution in [0.15, 0.2) is 12.4 Å². The van der Waals surface area contributed by atoms with Crippen molar-refractivity contribution in [3.8, 4) is 0 Å². The lowest BCUT2D eigenvalue weighted by Crippen LogP contribution is -2.50. The van der Waals surface area contributed by atoms with Crippen molar-refractivity contribution in [3.05, 3.63) is 12.4 Å². The fourth-order valence-corrected chi connectivity index (χ4v) is 2.84. The Bertz CT molecular complexity index is 439. The quantitative estimate of drug-likeness (QED) is 0.773. The van der Waals surface area contributed by atoms with E-state index in [0.717, 1.165) is 32.1 Å². The number of aromatic nitrogens is 3. The van der Waals surface area contributed by atoms with Crippen molar-refractivity contribution < 1.29 is 4.79 Å². The highest BCUT2D eigenvalue weighted by atomic mass is 32.1. The van der Waals surface area contributed by atoms with Crippen molar-refractivity contribution >= 4 is 23.1 Å². The van der Waals surface area contributed by atoms with E-state index in [4.69, 9.17) is 18.0 Å². The molecule has 1 saturated carbocycles. The molecule has 0 aromatic carbocycles. The Labute approximate surface area is 117 Å². The Morgan fingerprint density at radius 3 is 2.74 bits per heavy atom. The maximum Gasteiger partial charge on any atom is 0.233 e. The summed E-state index contributed by atoms with van der Waals surface area (Å²) in [6, 6.07) is 0. The molecule has 0 aliphatic heterocycles. The van der Waals surface area contributed by atoms with Gasteiger partial charge in [0.1, 0.15) is 0 Å². The van der Waals surface area contributed by atoms with E-state index in [-0.39, 0.29) is 5.91 Å². The Hall–Kier alpha value is -1.50. The van der Waals surface area contributed by atoms with Crippen molar-refractivity contribution in [2.45, 2.75) is 38.6 Å². The third kappa shape index (κ3) is 3.09. The summed E-state index contributed by atoms with van der Waals surface area (Å²) in [7, 11) is 0. The molecule has 0 radical (unpaired) electrons. The van der Waals surface area contributed by atoms with Crippen LogP contribution in [0.3, 0.4) is 0 Å². The highest BCUT2D eigenvalue weighted by Crippen LogP contribution is 2.36. The molecule has 3 N–H and O–H groups in total. The van der Waals surface area contributed by atoms with E-state index in [1.807, 2.05) is 0 Å². The Morgan fingerprint density at radius 2 is 2.16 bits per heavy atom. The predicted molar refractivity (Wildman–Crippen MR) is 75.3 cm³/mol. The molecule has 1 amide bonds. The summed E-state index contributed by atoms with van der Waals surface area (Å²) in [6.07, 6.45) is 8.06. The lowest BCUT2D eigenvalue weighted by molar-refractivity contribution is -0.128. The van der Waals surface area contributed by atoms with Crippen LogP contribution >= 0.6 is 12.2 Å². The first kappa shape index (κ1) is 13.9. The van der Waals surface area contributed by atoms with Crippen LogP contribution in [0.1, 0.15) is 32.1 Å². The second-order valence-electron chi connectivity index (χ2n) is 4.93. The van der Waals surface area contributed by atoms with E-state index in [0.29, 0.717) is 18.1 Å². The minimum atomic E-state index is -0.643. The van der Waals surface area contributed by atoms with Crippen LogP contribution in [0.5, 0.6) is 0 Å². The van der Waals surface area contributed by atoms with E-state index < -0.39 is 5.41 Å². The number of carbonyl (C=O) groups is 1. The Balaban J connectivity index is 1.91. The van der Waals surface area contributed by atoms with Crippen molar-refractivity contribution in [2.75, 3.05) is 6.54 Å². The first-order chi connectivity index (χ1) is 9.15. The van der Waals surface area contributed by atoms with Crippen LogP contribution in [0, 0.1) is 5.41 Å². The van der Waals surface area contributed by atoms with Gasteiger partial charge in [-0.05, 0) is 12.8 Å². The van der Waals surface area contributed by atoms with E-state index in [2.05, 4.69) is 15.6 Å². The number of thiocarbonyl (C=S) groups is 1. The molecule has 1 aliphatic carbocycles. The van der Waals surface area contributed by atoms with Gasteiger partial charge in [-0.15, -0.1) is 5.10 Å². The van der Waals surface area contributed by atoms with Crippen molar-refractivity contribution in [1.29, 1.82) is 0 Å². The summed E-state index contributed by atoms with van der Waals surface area (Å²) in [4.78, 5) is 12.7. The number of hydrogen-bond acceptors (Lipinski definition) is 4. The minimum absolute atomic E-state index is 0.0418. The van der Waals surface area contributed by atoms with E-state index >= 15 is 0 Å². The van der Waals surface area contributed by atoms with Crippen LogP contribution in [-0.2, 0) is 11.3 Å². The zero-order valence-electron chi connectivity index (χ0n) is 10.8. The molecule has 6 nitrogen and oxygen atoms in total. The molecule has 0 spiro atoms. The van der Waals surface area contributed by atoms with Gasteiger partial charge in [0.2, 0.25) is 5.91 Å². The predicted octanol–water partition coefficient (Wildman–Crippen LogP) is 0.631. The lowest BCUT2D eigenvalue weighted by atomic mass is 9.73. The topological polar surface area (TPSA) is 85.8 Å². The molecule has 1 aromatic rings. The first-order valence-electron chi connectivity index (χ1n) is 6.57. The standard InChI is InChI=1S/C12H19N5OS/c13-10(19)12(4-2-1-3-5-12)11(18)14-6-8-17-9-7-15-16-17/h7,9H,1-6,8H2,(H2,13,19)(H,14,18). The van der Waals surface area contributed by atoms with Gasteiger partial charge in [0, 0.05) is 12.7 Å². The molecule has 1 aromatic heterocycles. The van der Waals surface area contributed by atoms with Gasteiger partial charge >= 0.3 is 0 Å². The molecular weight excluding hydrogens is 262 g/mol. The van der Waals surface area contributed by atoms with Gasteiger partial charge in [-0.1, -0.05) is 36.7 Å². The number of nitrogens with two attached hydrogens (primary N) is 1. The monoisotopic (exact) mass is 281 g/mol. The maximum absolute atomic E-state index is 12.4. The van der Waals surface area contributed by atoms with Gasteiger partial charge in [-0.3, -0.25) is 9.48 Å². The van der Waals surface area contributed by atoms with E-state index in [1.54, 1.807) is 17.1 Å². The van der Waals surface area contributed by atoms with Gasteiger partial charge in [0.15, 0.2) is 0 Å². The second kappa shape index (κ2) is 6.10. The SMILES string of the molecule is NC(=S)C1(C(=O)NCCn2ccnn2)CCCCC1. The number of hydrogen-bond donors (Lipinski definition) is 2. The van der Waals surface area contributed by atoms with Crippen molar-refractivity contribution in [3.63, 3.8) is 0 Å². The molecule has 1 heterocycles. The largest absolute Gasteiger partial charge is 0.392 e. The molecule has 1 fully saturated rings. The molecule has 0 bridgehead atoms. The molecule has 0 atom stereocenters. The van der Waals surface area contributed by atoms with Crippen LogP contribution in [0.2, 0.25) is 0 Å². The van der Waals surface area contributed by atoms with Gasteiger partial charge in [0.05, 0.1) is 23.1 Å². The number of amides is 1. The number of rotatable bonds is 5. The van der Waals surface area contributed by atoms with E-state index in [9.17, 15) is 4.79 Å². The second-order valence-corrected chi connectivity index (χ2v) is 5.37. The van der Waals surface area contributed by atoms with Gasteiger partial charge in [-0.2, -0.15) is 0 Å². The molecular formula is C12H19N5OS. The zero-order chi connectivity index (χ0) is 13.7. The molecule has 19 heavy (non-hydrogen) atoms. The summed E-state index contributed by atoms with van der Waals surface area (Å²) >= 11 is 5.12. The maximum atomic E-state index is 12.4. The zero-order valence-corrected chi connectivity index (χ0v) is 11.7. The van der Waals surface area contributed by atoms with Crippen LogP contribution in [0.4, 0.5) is 0 Å². The smallest absolute Gasteiger partial charge is 0.233 e. The highest BCUT2D eigenvalue weighted by Gasteiger charge is 2.42. The van der Waals surface area contributed by atoms with Crippen LogP contribution in [0.25, 0.3) is 0 Å². The minimum Gasteiger partial charge on any atom is -0.392 e. The number of nitrogens with one attached hydrogen (secondary N) is 1. The molecule has 104 valence electrons. The average Bonchev–Trinajstić information content (AvgIpc) is 2.92. The molecule has 7 heteroatoms. The first-order valence-corrected chi connectivity index (χ1v) is 6.98. The average molecular weight is 281 g/mol. The fraction of sp³-hybridized carbons (Fsp3) is 0.667. The van der Waals surface area contributed by atoms with Gasteiger partial charge in [0.25, 0.3) is 0 Å². The van der Waals surface area contributed by atoms with E-state index in [1.165, 1.54) is 0 Å². The molecule has 0 saturated heterocycles. The summed E-state index contributed by atoms with van der Waals surface area (Å²) in [5.41, 5.74) is 5.17. The third-order valence-corrected chi connectivity index (χ3v) is 4.10. The molecule has 0 unspecified atom stereocenters. The summed E-state index contributed by atoms with van der Waals surface area (Å²) in [5, 5.41) is 10.5. The summed E-state index contributed by atoms with van der Waals surface area (Å²) in [6.45, 7) is 1.10. The Morgan fingerprint density at radius 1 is 1.42 bits per heavy atom. The number of carbonyl (C=O) groups excluding carboxylic acids is 1. The van der Waals surface area contributed by atoms with Crippen molar-refractivity contribution in [2.24, 2.45) is 11.1 Å².